The summed E-state index contributed by atoms with van der Waals surface area (Å²) in [5.41, 5.74) is -0.870. The van der Waals surface area contributed by atoms with Gasteiger partial charge in [-0.25, -0.2) is 14.2 Å². The lowest BCUT2D eigenvalue weighted by molar-refractivity contribution is -0.134. The molecule has 0 bridgehead atoms. The number of imide groups is 1. The highest BCUT2D eigenvalue weighted by atomic mass is 19.1. The number of nitrogens with zero attached hydrogens (tertiary/aromatic N) is 3. The number of rotatable bonds is 8. The van der Waals surface area contributed by atoms with E-state index < -0.39 is 29.2 Å². The molecule has 1 saturated heterocycles. The number of aryl methyl sites for hydroxylation is 1. The molecule has 1 atom stereocenters. The number of urea groups is 1. The fraction of sp³-hybridized carbons (Fsp3) is 0.368. The normalized spacial score (nSPS) is 19.0. The van der Waals surface area contributed by atoms with E-state index in [-0.39, 0.29) is 6.54 Å². The average molecular weight is 387 g/mol. The van der Waals surface area contributed by atoms with Gasteiger partial charge in [-0.05, 0) is 37.5 Å². The zero-order chi connectivity index (χ0) is 20.1. The number of carbonyl (C=O) groups is 3. The summed E-state index contributed by atoms with van der Waals surface area (Å²) >= 11 is 0. The molecule has 0 spiro atoms. The van der Waals surface area contributed by atoms with Crippen LogP contribution in [0.2, 0.25) is 0 Å². The van der Waals surface area contributed by atoms with Crippen LogP contribution in [-0.2, 0) is 21.7 Å². The van der Waals surface area contributed by atoms with Crippen LogP contribution in [0.4, 0.5) is 9.18 Å². The van der Waals surface area contributed by atoms with E-state index in [1.54, 1.807) is 12.5 Å². The third-order valence-electron chi connectivity index (χ3n) is 4.72. The van der Waals surface area contributed by atoms with Crippen LogP contribution in [0.5, 0.6) is 0 Å². The van der Waals surface area contributed by atoms with E-state index in [1.165, 1.54) is 31.2 Å². The van der Waals surface area contributed by atoms with Crippen LogP contribution in [-0.4, -0.2) is 45.4 Å². The highest BCUT2D eigenvalue weighted by molar-refractivity contribution is 6.09. The maximum absolute atomic E-state index is 13.1. The lowest BCUT2D eigenvalue weighted by atomic mass is 9.92. The van der Waals surface area contributed by atoms with Gasteiger partial charge in [-0.1, -0.05) is 12.1 Å². The molecule has 9 heteroatoms. The van der Waals surface area contributed by atoms with E-state index in [1.807, 2.05) is 10.8 Å². The number of hydrogen-bond acceptors (Lipinski definition) is 4. The second-order valence-electron chi connectivity index (χ2n) is 6.81. The Morgan fingerprint density at radius 2 is 2.00 bits per heavy atom. The van der Waals surface area contributed by atoms with E-state index in [2.05, 4.69) is 15.6 Å². The van der Waals surface area contributed by atoms with Gasteiger partial charge in [0.05, 0.1) is 6.33 Å². The molecule has 1 aliphatic rings. The van der Waals surface area contributed by atoms with E-state index in [9.17, 15) is 18.8 Å². The number of benzene rings is 1. The fourth-order valence-corrected chi connectivity index (χ4v) is 3.09. The van der Waals surface area contributed by atoms with Gasteiger partial charge in [-0.15, -0.1) is 0 Å². The largest absolute Gasteiger partial charge is 0.355 e. The van der Waals surface area contributed by atoms with Crippen molar-refractivity contribution < 1.29 is 18.8 Å². The van der Waals surface area contributed by atoms with Gasteiger partial charge in [0.15, 0.2) is 0 Å². The summed E-state index contributed by atoms with van der Waals surface area (Å²) in [5, 5.41) is 5.31. The Morgan fingerprint density at radius 1 is 1.25 bits per heavy atom. The Balaban J connectivity index is 1.49. The number of carbonyl (C=O) groups excluding carboxylic acids is 3. The summed E-state index contributed by atoms with van der Waals surface area (Å²) in [4.78, 5) is 41.9. The number of aromatic nitrogens is 2. The molecule has 0 radical (unpaired) electrons. The van der Waals surface area contributed by atoms with Gasteiger partial charge in [0, 0.05) is 25.5 Å². The topological polar surface area (TPSA) is 96.3 Å². The van der Waals surface area contributed by atoms with Gasteiger partial charge in [0.25, 0.3) is 5.91 Å². The molecule has 1 aromatic carbocycles. The molecule has 4 amide bonds. The zero-order valence-electron chi connectivity index (χ0n) is 15.5. The number of unbranched alkanes of at least 4 members (excludes halogenated alkanes) is 1. The Bertz CT molecular complexity index is 853. The first-order valence-corrected chi connectivity index (χ1v) is 9.03. The molecule has 0 aliphatic carbocycles. The summed E-state index contributed by atoms with van der Waals surface area (Å²) in [6, 6.07) is 4.68. The van der Waals surface area contributed by atoms with Crippen LogP contribution >= 0.6 is 0 Å². The van der Waals surface area contributed by atoms with Crippen LogP contribution in [0.15, 0.2) is 43.0 Å². The van der Waals surface area contributed by atoms with Crippen LogP contribution in [0, 0.1) is 5.82 Å². The van der Waals surface area contributed by atoms with Crippen molar-refractivity contribution in [2.75, 3.05) is 13.1 Å². The molecule has 2 heterocycles. The summed E-state index contributed by atoms with van der Waals surface area (Å²) < 4.78 is 15.1. The molecule has 148 valence electrons. The van der Waals surface area contributed by atoms with Gasteiger partial charge < -0.3 is 15.2 Å². The first kappa shape index (κ1) is 19.5. The predicted octanol–water partition coefficient (Wildman–Crippen LogP) is 1.39. The Hall–Kier alpha value is -3.23. The first-order chi connectivity index (χ1) is 13.4. The SMILES string of the molecule is CC1(c2ccc(F)cc2)NC(=O)N(CC(=O)NCCCCn2ccnc2)C1=O. The Morgan fingerprint density at radius 3 is 2.68 bits per heavy atom. The molecular formula is C19H22FN5O3. The molecule has 3 rings (SSSR count). The second-order valence-corrected chi connectivity index (χ2v) is 6.81. The third kappa shape index (κ3) is 4.19. The predicted molar refractivity (Wildman–Crippen MR) is 98.5 cm³/mol. The summed E-state index contributed by atoms with van der Waals surface area (Å²) in [6.07, 6.45) is 6.93. The smallest absolute Gasteiger partial charge is 0.325 e. The van der Waals surface area contributed by atoms with Gasteiger partial charge in [0.1, 0.15) is 17.9 Å². The number of halogens is 1. The van der Waals surface area contributed by atoms with Gasteiger partial charge >= 0.3 is 6.03 Å². The van der Waals surface area contributed by atoms with Crippen LogP contribution in [0.25, 0.3) is 0 Å². The van der Waals surface area contributed by atoms with Crippen molar-refractivity contribution in [3.05, 3.63) is 54.4 Å². The molecule has 2 N–H and O–H groups in total. The highest BCUT2D eigenvalue weighted by Gasteiger charge is 2.49. The standard InChI is InChI=1S/C19H22FN5O3/c1-19(14-4-6-15(20)7-5-14)17(27)25(18(28)23-19)12-16(26)22-8-2-3-10-24-11-9-21-13-24/h4-7,9,11,13H,2-3,8,10,12H2,1H3,(H,22,26)(H,23,28). The number of imidazole rings is 1. The van der Waals surface area contributed by atoms with Crippen molar-refractivity contribution in [3.8, 4) is 0 Å². The molecule has 1 unspecified atom stereocenters. The minimum atomic E-state index is -1.32. The zero-order valence-corrected chi connectivity index (χ0v) is 15.5. The fourth-order valence-electron chi connectivity index (χ4n) is 3.09. The monoisotopic (exact) mass is 387 g/mol. The molecule has 0 saturated carbocycles. The Labute approximate surface area is 161 Å². The third-order valence-corrected chi connectivity index (χ3v) is 4.72. The summed E-state index contributed by atoms with van der Waals surface area (Å²) in [6.45, 7) is 2.43. The summed E-state index contributed by atoms with van der Waals surface area (Å²) in [7, 11) is 0. The van der Waals surface area contributed by atoms with Crippen LogP contribution in [0.1, 0.15) is 25.3 Å². The minimum Gasteiger partial charge on any atom is -0.355 e. The molecule has 8 nitrogen and oxygen atoms in total. The van der Waals surface area contributed by atoms with E-state index in [0.29, 0.717) is 12.1 Å². The molecule has 2 aromatic rings. The lowest BCUT2D eigenvalue weighted by Crippen LogP contribution is -2.43. The summed E-state index contributed by atoms with van der Waals surface area (Å²) in [5.74, 6) is -1.39. The average Bonchev–Trinajstić information content (AvgIpc) is 3.25. The van der Waals surface area contributed by atoms with Crippen molar-refractivity contribution >= 4 is 17.8 Å². The van der Waals surface area contributed by atoms with Crippen molar-refractivity contribution in [2.45, 2.75) is 31.8 Å². The lowest BCUT2D eigenvalue weighted by Gasteiger charge is -2.22. The molecular weight excluding hydrogens is 365 g/mol. The van der Waals surface area contributed by atoms with Crippen molar-refractivity contribution in [2.24, 2.45) is 0 Å². The second kappa shape index (κ2) is 8.20. The van der Waals surface area contributed by atoms with E-state index in [0.717, 1.165) is 24.3 Å². The van der Waals surface area contributed by atoms with Crippen LogP contribution < -0.4 is 10.6 Å². The maximum atomic E-state index is 13.1. The van der Waals surface area contributed by atoms with Crippen molar-refractivity contribution in [1.29, 1.82) is 0 Å². The first-order valence-electron chi connectivity index (χ1n) is 9.03. The van der Waals surface area contributed by atoms with Gasteiger partial charge in [-0.2, -0.15) is 0 Å². The minimum absolute atomic E-state index is 0.358. The highest BCUT2D eigenvalue weighted by Crippen LogP contribution is 2.28. The molecule has 1 aliphatic heterocycles. The molecule has 1 fully saturated rings. The van der Waals surface area contributed by atoms with E-state index in [4.69, 9.17) is 0 Å². The van der Waals surface area contributed by atoms with Crippen molar-refractivity contribution in [3.63, 3.8) is 0 Å². The van der Waals surface area contributed by atoms with Crippen LogP contribution in [0.3, 0.4) is 0 Å². The van der Waals surface area contributed by atoms with E-state index >= 15 is 0 Å². The van der Waals surface area contributed by atoms with Crippen molar-refractivity contribution in [1.82, 2.24) is 25.1 Å². The quantitative estimate of drug-likeness (QED) is 0.528. The number of amides is 4. The Kier molecular flexibility index (Phi) is 5.72. The van der Waals surface area contributed by atoms with Gasteiger partial charge in [0.2, 0.25) is 5.91 Å². The van der Waals surface area contributed by atoms with Gasteiger partial charge in [-0.3, -0.25) is 14.5 Å². The molecule has 1 aromatic heterocycles. The molecule has 28 heavy (non-hydrogen) atoms. The number of hydrogen-bond donors (Lipinski definition) is 2. The number of nitrogens with one attached hydrogen (secondary N) is 2. The maximum Gasteiger partial charge on any atom is 0.325 e.